The van der Waals surface area contributed by atoms with Gasteiger partial charge in [-0.2, -0.15) is 10.5 Å². The zero-order valence-corrected chi connectivity index (χ0v) is 8.23. The first-order valence-corrected chi connectivity index (χ1v) is 4.61. The number of nitriles is 2. The van der Waals surface area contributed by atoms with Crippen LogP contribution in [-0.4, -0.2) is 5.11 Å². The number of rotatable bonds is 1. The molecule has 1 aromatic carbocycles. The molecule has 0 atom stereocenters. The maximum absolute atomic E-state index is 9.62. The van der Waals surface area contributed by atoms with E-state index in [0.717, 1.165) is 0 Å². The van der Waals surface area contributed by atoms with Crippen LogP contribution in [0.25, 0.3) is 0 Å². The molecule has 5 nitrogen and oxygen atoms in total. The summed E-state index contributed by atoms with van der Waals surface area (Å²) in [5.74, 6) is 0.115. The second-order valence-corrected chi connectivity index (χ2v) is 3.25. The fourth-order valence-corrected chi connectivity index (χ4v) is 1.53. The molecule has 1 aliphatic heterocycles. The zero-order chi connectivity index (χ0) is 11.5. The zero-order valence-electron chi connectivity index (χ0n) is 8.23. The van der Waals surface area contributed by atoms with Crippen LogP contribution in [0.4, 0.5) is 0 Å². The molecule has 0 amide bonds. The second-order valence-electron chi connectivity index (χ2n) is 3.25. The van der Waals surface area contributed by atoms with Gasteiger partial charge < -0.3 is 15.7 Å². The average Bonchev–Trinajstić information content (AvgIpc) is 2.72. The highest BCUT2D eigenvalue weighted by molar-refractivity contribution is 5.43. The van der Waals surface area contributed by atoms with Gasteiger partial charge in [-0.05, 0) is 6.07 Å². The Kier molecular flexibility index (Phi) is 2.37. The summed E-state index contributed by atoms with van der Waals surface area (Å²) in [6.45, 7) is 0. The Morgan fingerprint density at radius 1 is 1.06 bits per heavy atom. The number of phenolic OH excluding ortho intramolecular Hbond substituents is 1. The summed E-state index contributed by atoms with van der Waals surface area (Å²) in [5.41, 5.74) is 0.979. The van der Waals surface area contributed by atoms with Gasteiger partial charge in [-0.3, -0.25) is 0 Å². The highest BCUT2D eigenvalue weighted by Crippen LogP contribution is 2.26. The molecule has 3 N–H and O–H groups in total. The van der Waals surface area contributed by atoms with Gasteiger partial charge in [-0.15, -0.1) is 0 Å². The molecule has 0 saturated carbocycles. The lowest BCUT2D eigenvalue weighted by Crippen LogP contribution is -2.23. The van der Waals surface area contributed by atoms with E-state index in [2.05, 4.69) is 10.6 Å². The maximum Gasteiger partial charge on any atom is 0.150 e. The topological polar surface area (TPSA) is 91.9 Å². The third kappa shape index (κ3) is 1.51. The van der Waals surface area contributed by atoms with Crippen LogP contribution in [0, 0.1) is 22.7 Å². The summed E-state index contributed by atoms with van der Waals surface area (Å²) in [4.78, 5) is 0. The summed E-state index contributed by atoms with van der Waals surface area (Å²) in [6.07, 6.45) is -0.439. The summed E-state index contributed by atoms with van der Waals surface area (Å²) in [5, 5.41) is 32.8. The Morgan fingerprint density at radius 2 is 1.62 bits per heavy atom. The van der Waals surface area contributed by atoms with Crippen molar-refractivity contribution in [3.8, 4) is 17.9 Å². The predicted octanol–water partition coefficient (Wildman–Crippen LogP) is 0.842. The third-order valence-corrected chi connectivity index (χ3v) is 2.30. The lowest BCUT2D eigenvalue weighted by Gasteiger charge is -2.14. The molecular formula is C11H8N4O. The van der Waals surface area contributed by atoms with E-state index in [0.29, 0.717) is 5.56 Å². The highest BCUT2D eigenvalue weighted by Gasteiger charge is 2.25. The van der Waals surface area contributed by atoms with Crippen molar-refractivity contribution < 1.29 is 5.11 Å². The van der Waals surface area contributed by atoms with Gasteiger partial charge in [0.05, 0.1) is 0 Å². The number of hydrogen-bond acceptors (Lipinski definition) is 5. The molecule has 1 aromatic rings. The van der Waals surface area contributed by atoms with Crippen LogP contribution in [0.3, 0.4) is 0 Å². The fraction of sp³-hybridized carbons (Fsp3) is 0.0909. The van der Waals surface area contributed by atoms with Crippen LogP contribution in [0.2, 0.25) is 0 Å². The molecule has 0 spiro atoms. The lowest BCUT2D eigenvalue weighted by molar-refractivity contribution is 0.452. The van der Waals surface area contributed by atoms with E-state index in [4.69, 9.17) is 10.5 Å². The van der Waals surface area contributed by atoms with Crippen molar-refractivity contribution in [3.63, 3.8) is 0 Å². The Morgan fingerprint density at radius 3 is 2.12 bits per heavy atom. The summed E-state index contributed by atoms with van der Waals surface area (Å²) in [6, 6.07) is 10.5. The molecule has 2 rings (SSSR count). The first-order valence-electron chi connectivity index (χ1n) is 4.61. The van der Waals surface area contributed by atoms with Crippen LogP contribution >= 0.6 is 0 Å². The average molecular weight is 212 g/mol. The van der Waals surface area contributed by atoms with Gasteiger partial charge in [0, 0.05) is 5.56 Å². The van der Waals surface area contributed by atoms with Crippen molar-refractivity contribution in [2.24, 2.45) is 0 Å². The quantitative estimate of drug-likeness (QED) is 0.641. The van der Waals surface area contributed by atoms with Crippen molar-refractivity contribution in [2.75, 3.05) is 0 Å². The van der Waals surface area contributed by atoms with Crippen LogP contribution in [0.5, 0.6) is 5.75 Å². The van der Waals surface area contributed by atoms with Crippen molar-refractivity contribution in [1.82, 2.24) is 10.6 Å². The maximum atomic E-state index is 9.62. The SMILES string of the molecule is N#CC1=C(C#N)NC(c2ccccc2O)N1. The monoisotopic (exact) mass is 212 g/mol. The van der Waals surface area contributed by atoms with Crippen molar-refractivity contribution in [2.45, 2.75) is 6.17 Å². The van der Waals surface area contributed by atoms with Crippen LogP contribution < -0.4 is 10.6 Å². The Balaban J connectivity index is 2.29. The van der Waals surface area contributed by atoms with Gasteiger partial charge in [0.1, 0.15) is 35.4 Å². The molecule has 0 fully saturated rings. The number of nitrogens with one attached hydrogen (secondary N) is 2. The van der Waals surface area contributed by atoms with Crippen molar-refractivity contribution >= 4 is 0 Å². The molecule has 78 valence electrons. The molecule has 1 aliphatic rings. The van der Waals surface area contributed by atoms with Gasteiger partial charge in [0.25, 0.3) is 0 Å². The van der Waals surface area contributed by atoms with E-state index >= 15 is 0 Å². The van der Waals surface area contributed by atoms with Crippen LogP contribution in [0.15, 0.2) is 35.7 Å². The Hall–Kier alpha value is -2.66. The number of phenols is 1. The van der Waals surface area contributed by atoms with Gasteiger partial charge in [0.2, 0.25) is 0 Å². The molecule has 16 heavy (non-hydrogen) atoms. The normalized spacial score (nSPS) is 14.9. The smallest absolute Gasteiger partial charge is 0.150 e. The first-order chi connectivity index (χ1) is 7.76. The number of nitrogens with zero attached hydrogens (tertiary/aromatic N) is 2. The summed E-state index contributed by atoms with van der Waals surface area (Å²) >= 11 is 0. The molecule has 0 saturated heterocycles. The minimum atomic E-state index is -0.439. The molecule has 5 heteroatoms. The standard InChI is InChI=1S/C11H8N4O/c12-5-8-9(6-13)15-11(14-8)7-3-1-2-4-10(7)16/h1-4,11,14-16H. The molecule has 0 radical (unpaired) electrons. The van der Waals surface area contributed by atoms with Crippen molar-refractivity contribution in [1.29, 1.82) is 10.5 Å². The Bertz CT molecular complexity index is 510. The van der Waals surface area contributed by atoms with E-state index in [-0.39, 0.29) is 17.1 Å². The largest absolute Gasteiger partial charge is 0.508 e. The minimum Gasteiger partial charge on any atom is -0.508 e. The number of hydrogen-bond donors (Lipinski definition) is 3. The van der Waals surface area contributed by atoms with E-state index in [1.807, 2.05) is 12.1 Å². The van der Waals surface area contributed by atoms with Gasteiger partial charge in [-0.1, -0.05) is 18.2 Å². The number of allylic oxidation sites excluding steroid dienone is 2. The van der Waals surface area contributed by atoms with E-state index < -0.39 is 6.17 Å². The summed E-state index contributed by atoms with van der Waals surface area (Å²) in [7, 11) is 0. The third-order valence-electron chi connectivity index (χ3n) is 2.30. The molecule has 0 aliphatic carbocycles. The molecular weight excluding hydrogens is 204 g/mol. The van der Waals surface area contributed by atoms with E-state index in [1.54, 1.807) is 24.3 Å². The van der Waals surface area contributed by atoms with Gasteiger partial charge in [-0.25, -0.2) is 0 Å². The number of para-hydroxylation sites is 1. The molecule has 0 unspecified atom stereocenters. The Labute approximate surface area is 92.2 Å². The number of benzene rings is 1. The van der Waals surface area contributed by atoms with Crippen molar-refractivity contribution in [3.05, 3.63) is 41.2 Å². The van der Waals surface area contributed by atoms with E-state index in [9.17, 15) is 5.11 Å². The van der Waals surface area contributed by atoms with Crippen LogP contribution in [0.1, 0.15) is 11.7 Å². The fourth-order valence-electron chi connectivity index (χ4n) is 1.53. The van der Waals surface area contributed by atoms with Crippen LogP contribution in [-0.2, 0) is 0 Å². The highest BCUT2D eigenvalue weighted by atomic mass is 16.3. The van der Waals surface area contributed by atoms with Gasteiger partial charge in [0.15, 0.2) is 0 Å². The molecule has 1 heterocycles. The lowest BCUT2D eigenvalue weighted by atomic mass is 10.1. The number of aromatic hydroxyl groups is 1. The van der Waals surface area contributed by atoms with E-state index in [1.165, 1.54) is 0 Å². The predicted molar refractivity (Wildman–Crippen MR) is 55.4 cm³/mol. The second kappa shape index (κ2) is 3.84. The minimum absolute atomic E-state index is 0.115. The molecule has 0 aromatic heterocycles. The molecule has 0 bridgehead atoms. The first kappa shape index (κ1) is 9.88. The van der Waals surface area contributed by atoms with Gasteiger partial charge >= 0.3 is 0 Å². The summed E-state index contributed by atoms with van der Waals surface area (Å²) < 4.78 is 0.